The summed E-state index contributed by atoms with van der Waals surface area (Å²) >= 11 is 4.89. The second kappa shape index (κ2) is 8.62. The Morgan fingerprint density at radius 1 is 1.18 bits per heavy atom. The third-order valence-corrected chi connectivity index (χ3v) is 6.01. The van der Waals surface area contributed by atoms with Crippen LogP contribution in [0.3, 0.4) is 0 Å². The van der Waals surface area contributed by atoms with E-state index in [9.17, 15) is 14.9 Å². The van der Waals surface area contributed by atoms with Crippen molar-refractivity contribution in [3.8, 4) is 11.3 Å². The fourth-order valence-electron chi connectivity index (χ4n) is 2.96. The van der Waals surface area contributed by atoms with E-state index in [0.29, 0.717) is 11.3 Å². The molecule has 8 heteroatoms. The molecule has 0 spiro atoms. The molecule has 0 radical (unpaired) electrons. The van der Waals surface area contributed by atoms with Gasteiger partial charge in [0.1, 0.15) is 5.56 Å². The molecule has 0 atom stereocenters. The monoisotopic (exact) mass is 459 g/mol. The van der Waals surface area contributed by atoms with Crippen molar-refractivity contribution >= 4 is 38.9 Å². The standard InChI is InChI=1S/C20H18BrN3O3S/c1-3-17-18(13-9-11-14(21)12-10-13)23(4-2)20(28-17)22-19(25)15-7-5-6-8-16(15)24(26)27/h5-12H,3-4H2,1-2H3. The van der Waals surface area contributed by atoms with E-state index in [1.165, 1.54) is 29.5 Å². The quantitative estimate of drug-likeness (QED) is 0.387. The zero-order chi connectivity index (χ0) is 20.3. The van der Waals surface area contributed by atoms with E-state index < -0.39 is 10.8 Å². The normalized spacial score (nSPS) is 11.6. The Morgan fingerprint density at radius 2 is 1.86 bits per heavy atom. The Balaban J connectivity index is 2.16. The molecule has 3 aromatic rings. The molecule has 0 aliphatic carbocycles. The van der Waals surface area contributed by atoms with Crippen LogP contribution in [0.4, 0.5) is 5.69 Å². The molecule has 0 saturated carbocycles. The third-order valence-electron chi connectivity index (χ3n) is 4.26. The van der Waals surface area contributed by atoms with Gasteiger partial charge in [0, 0.05) is 22.0 Å². The molecule has 1 amide bonds. The van der Waals surface area contributed by atoms with Crippen LogP contribution in [0, 0.1) is 10.1 Å². The molecular formula is C20H18BrN3O3S. The molecule has 28 heavy (non-hydrogen) atoms. The van der Waals surface area contributed by atoms with Crippen LogP contribution in [0.5, 0.6) is 0 Å². The Bertz CT molecular complexity index is 1100. The second-order valence-electron chi connectivity index (χ2n) is 5.95. The van der Waals surface area contributed by atoms with Crippen LogP contribution in [0.15, 0.2) is 58.0 Å². The lowest BCUT2D eigenvalue weighted by Crippen LogP contribution is -2.17. The first-order chi connectivity index (χ1) is 13.5. The van der Waals surface area contributed by atoms with Crippen molar-refractivity contribution in [3.63, 3.8) is 0 Å². The van der Waals surface area contributed by atoms with Gasteiger partial charge in [0.15, 0.2) is 4.80 Å². The number of carbonyl (C=O) groups excluding carboxylic acids is 1. The van der Waals surface area contributed by atoms with Gasteiger partial charge in [-0.25, -0.2) is 0 Å². The molecule has 1 heterocycles. The number of nitro groups is 1. The van der Waals surface area contributed by atoms with Gasteiger partial charge in [-0.2, -0.15) is 4.99 Å². The number of thiazole rings is 1. The van der Waals surface area contributed by atoms with Crippen molar-refractivity contribution in [2.24, 2.45) is 4.99 Å². The Hall–Kier alpha value is -2.58. The van der Waals surface area contributed by atoms with E-state index in [1.807, 2.05) is 35.8 Å². The predicted molar refractivity (Wildman–Crippen MR) is 113 cm³/mol. The highest BCUT2D eigenvalue weighted by molar-refractivity contribution is 9.10. The first kappa shape index (κ1) is 20.2. The molecule has 0 aliphatic rings. The van der Waals surface area contributed by atoms with Crippen molar-refractivity contribution in [2.45, 2.75) is 26.8 Å². The molecule has 6 nitrogen and oxygen atoms in total. The van der Waals surface area contributed by atoms with Crippen LogP contribution < -0.4 is 4.80 Å². The molecule has 3 rings (SSSR count). The molecule has 2 aromatic carbocycles. The number of halogens is 1. The summed E-state index contributed by atoms with van der Waals surface area (Å²) in [5.41, 5.74) is 1.82. The lowest BCUT2D eigenvalue weighted by molar-refractivity contribution is -0.385. The first-order valence-electron chi connectivity index (χ1n) is 8.77. The van der Waals surface area contributed by atoms with E-state index >= 15 is 0 Å². The van der Waals surface area contributed by atoms with Crippen LogP contribution >= 0.6 is 27.3 Å². The number of para-hydroxylation sites is 1. The summed E-state index contributed by atoms with van der Waals surface area (Å²) in [6, 6.07) is 13.9. The van der Waals surface area contributed by atoms with E-state index in [-0.39, 0.29) is 11.3 Å². The summed E-state index contributed by atoms with van der Waals surface area (Å²) in [5.74, 6) is -0.610. The molecule has 0 saturated heterocycles. The zero-order valence-corrected chi connectivity index (χ0v) is 17.8. The van der Waals surface area contributed by atoms with E-state index in [2.05, 4.69) is 27.8 Å². The largest absolute Gasteiger partial charge is 0.316 e. The van der Waals surface area contributed by atoms with Crippen LogP contribution in [0.25, 0.3) is 11.3 Å². The highest BCUT2D eigenvalue weighted by Crippen LogP contribution is 2.28. The minimum absolute atomic E-state index is 0.00760. The second-order valence-corrected chi connectivity index (χ2v) is 7.93. The number of nitro benzene ring substituents is 1. The number of rotatable bonds is 5. The van der Waals surface area contributed by atoms with Crippen LogP contribution in [0.2, 0.25) is 0 Å². The summed E-state index contributed by atoms with van der Waals surface area (Å²) in [5, 5.41) is 11.2. The maximum Gasteiger partial charge on any atom is 0.286 e. The van der Waals surface area contributed by atoms with Gasteiger partial charge in [0.2, 0.25) is 0 Å². The molecular weight excluding hydrogens is 442 g/mol. The number of benzene rings is 2. The van der Waals surface area contributed by atoms with Crippen LogP contribution in [0.1, 0.15) is 29.1 Å². The number of carbonyl (C=O) groups is 1. The summed E-state index contributed by atoms with van der Waals surface area (Å²) in [4.78, 5) is 29.3. The minimum atomic E-state index is -0.610. The Morgan fingerprint density at radius 3 is 2.46 bits per heavy atom. The third kappa shape index (κ3) is 3.98. The molecule has 0 bridgehead atoms. The fraction of sp³-hybridized carbons (Fsp3) is 0.200. The summed E-state index contributed by atoms with van der Waals surface area (Å²) < 4.78 is 2.98. The van der Waals surface area contributed by atoms with E-state index in [4.69, 9.17) is 0 Å². The van der Waals surface area contributed by atoms with E-state index in [0.717, 1.165) is 27.0 Å². The lowest BCUT2D eigenvalue weighted by Gasteiger charge is -2.08. The van der Waals surface area contributed by atoms with Gasteiger partial charge in [0.05, 0.1) is 10.6 Å². The van der Waals surface area contributed by atoms with Gasteiger partial charge in [-0.05, 0) is 37.1 Å². The smallest absolute Gasteiger partial charge is 0.286 e. The molecule has 0 fully saturated rings. The van der Waals surface area contributed by atoms with Crippen molar-refractivity contribution in [3.05, 3.63) is 78.4 Å². The molecule has 0 N–H and O–H groups in total. The van der Waals surface area contributed by atoms with Crippen LogP contribution in [-0.4, -0.2) is 15.4 Å². The first-order valence-corrected chi connectivity index (χ1v) is 10.4. The Kier molecular flexibility index (Phi) is 6.21. The molecule has 144 valence electrons. The van der Waals surface area contributed by atoms with Gasteiger partial charge in [-0.15, -0.1) is 11.3 Å². The van der Waals surface area contributed by atoms with Gasteiger partial charge in [-0.3, -0.25) is 14.9 Å². The highest BCUT2D eigenvalue weighted by atomic mass is 79.9. The van der Waals surface area contributed by atoms with Gasteiger partial charge in [-0.1, -0.05) is 47.1 Å². The molecule has 0 aliphatic heterocycles. The van der Waals surface area contributed by atoms with Crippen molar-refractivity contribution < 1.29 is 9.72 Å². The summed E-state index contributed by atoms with van der Waals surface area (Å²) in [7, 11) is 0. The number of aryl methyl sites for hydroxylation is 1. The SMILES string of the molecule is CCc1sc(=NC(=O)c2ccccc2[N+](=O)[O-])n(CC)c1-c1ccc(Br)cc1. The number of hydrogen-bond acceptors (Lipinski definition) is 4. The zero-order valence-electron chi connectivity index (χ0n) is 15.4. The number of hydrogen-bond donors (Lipinski definition) is 0. The topological polar surface area (TPSA) is 77.5 Å². The van der Waals surface area contributed by atoms with Gasteiger partial charge in [0.25, 0.3) is 11.6 Å². The molecule has 1 aromatic heterocycles. The maximum absolute atomic E-state index is 12.7. The number of nitrogens with zero attached hydrogens (tertiary/aromatic N) is 3. The highest BCUT2D eigenvalue weighted by Gasteiger charge is 2.20. The van der Waals surface area contributed by atoms with Gasteiger partial charge < -0.3 is 4.57 Å². The van der Waals surface area contributed by atoms with Crippen LogP contribution in [-0.2, 0) is 13.0 Å². The summed E-state index contributed by atoms with van der Waals surface area (Å²) in [6.45, 7) is 4.68. The lowest BCUT2D eigenvalue weighted by atomic mass is 10.1. The Labute approximate surface area is 174 Å². The average molecular weight is 460 g/mol. The molecule has 0 unspecified atom stereocenters. The van der Waals surface area contributed by atoms with Crippen molar-refractivity contribution in [1.29, 1.82) is 0 Å². The number of amides is 1. The predicted octanol–water partition coefficient (Wildman–Crippen LogP) is 5.21. The number of aromatic nitrogens is 1. The average Bonchev–Trinajstić information content (AvgIpc) is 3.05. The maximum atomic E-state index is 12.7. The van der Waals surface area contributed by atoms with E-state index in [1.54, 1.807) is 6.07 Å². The minimum Gasteiger partial charge on any atom is -0.316 e. The van der Waals surface area contributed by atoms with Gasteiger partial charge >= 0.3 is 0 Å². The van der Waals surface area contributed by atoms with Crippen molar-refractivity contribution in [2.75, 3.05) is 0 Å². The fourth-order valence-corrected chi connectivity index (χ4v) is 4.37. The summed E-state index contributed by atoms with van der Waals surface area (Å²) in [6.07, 6.45) is 0.797. The van der Waals surface area contributed by atoms with Crippen molar-refractivity contribution in [1.82, 2.24) is 4.57 Å².